The summed E-state index contributed by atoms with van der Waals surface area (Å²) in [6, 6.07) is 17.2. The lowest BCUT2D eigenvalue weighted by Crippen LogP contribution is -2.45. The number of halogens is 2. The lowest BCUT2D eigenvalue weighted by molar-refractivity contribution is 0.431. The van der Waals surface area contributed by atoms with Gasteiger partial charge in [0.2, 0.25) is 10.7 Å². The smallest absolute Gasteiger partial charge is 0.261 e. The first-order valence-electron chi connectivity index (χ1n) is 28.8. The Morgan fingerprint density at radius 3 is 1.39 bits per heavy atom. The van der Waals surface area contributed by atoms with Crippen LogP contribution in [0.2, 0.25) is 0 Å². The Balaban J connectivity index is 0.000000140. The van der Waals surface area contributed by atoms with Crippen molar-refractivity contribution in [3.8, 4) is 23.0 Å². The van der Waals surface area contributed by atoms with Gasteiger partial charge in [-0.05, 0) is 164 Å². The lowest BCUT2D eigenvalue weighted by Gasteiger charge is -2.39. The van der Waals surface area contributed by atoms with Crippen LogP contribution in [0.4, 0.5) is 11.4 Å². The Kier molecular flexibility index (Phi) is 13.1. The zero-order valence-corrected chi connectivity index (χ0v) is 49.8. The minimum Gasteiger partial charge on any atom is -0.768 e. The van der Waals surface area contributed by atoms with Gasteiger partial charge in [0, 0.05) is 155 Å². The number of hydrogen-bond donors (Lipinski definition) is 0. The summed E-state index contributed by atoms with van der Waals surface area (Å²) in [5.74, 6) is 3.24. The molecule has 0 saturated carbocycles. The number of hydrogen-bond acceptors (Lipinski definition) is 12. The van der Waals surface area contributed by atoms with Crippen molar-refractivity contribution in [2.24, 2.45) is 0 Å². The third-order valence-electron chi connectivity index (χ3n) is 18.7. The maximum absolute atomic E-state index is 13.0. The summed E-state index contributed by atoms with van der Waals surface area (Å²) < 4.78 is 118. The molecule has 6 aromatic rings. The molecular weight excluding hydrogens is 1160 g/mol. The highest BCUT2D eigenvalue weighted by Gasteiger charge is 2.39. The Hall–Kier alpha value is -5.44. The topological polar surface area (TPSA) is 179 Å². The zero-order valence-electron chi connectivity index (χ0n) is 45.0. The quantitative estimate of drug-likeness (QED) is 0.0995. The van der Waals surface area contributed by atoms with Gasteiger partial charge in [-0.2, -0.15) is 0 Å². The van der Waals surface area contributed by atoms with E-state index in [-0.39, 0.29) is 19.6 Å². The molecule has 20 heteroatoms. The molecule has 2 unspecified atom stereocenters. The molecule has 10 aliphatic heterocycles. The summed E-state index contributed by atoms with van der Waals surface area (Å²) in [5.41, 5.74) is 16.6. The van der Waals surface area contributed by atoms with Gasteiger partial charge in [0.05, 0.1) is 20.9 Å². The van der Waals surface area contributed by atoms with Gasteiger partial charge in [-0.25, -0.2) is 26.0 Å². The summed E-state index contributed by atoms with van der Waals surface area (Å²) in [5, 5.41) is 4.31. The fourth-order valence-electron chi connectivity index (χ4n) is 15.6. The van der Waals surface area contributed by atoms with E-state index < -0.39 is 40.3 Å². The van der Waals surface area contributed by atoms with Gasteiger partial charge < -0.3 is 28.4 Å². The fraction of sp³-hybridized carbons (Fsp3) is 0.387. The van der Waals surface area contributed by atoms with Crippen molar-refractivity contribution in [2.75, 3.05) is 62.2 Å². The molecule has 0 N–H and O–H groups in total. The number of benzene rings is 6. The summed E-state index contributed by atoms with van der Waals surface area (Å²) in [6.45, 7) is 8.26. The molecular formula is C62H58Cl2N4O10S4. The van der Waals surface area contributed by atoms with Gasteiger partial charge in [-0.3, -0.25) is 8.42 Å². The monoisotopic (exact) mass is 1220 g/mol. The van der Waals surface area contributed by atoms with Crippen molar-refractivity contribution in [3.05, 3.63) is 149 Å². The Labute approximate surface area is 489 Å². The van der Waals surface area contributed by atoms with Crippen molar-refractivity contribution in [2.45, 2.75) is 122 Å². The first kappa shape index (κ1) is 53.3. The van der Waals surface area contributed by atoms with E-state index in [2.05, 4.69) is 43.2 Å². The van der Waals surface area contributed by atoms with Gasteiger partial charge in [0.1, 0.15) is 49.2 Å². The predicted molar refractivity (Wildman–Crippen MR) is 314 cm³/mol. The van der Waals surface area contributed by atoms with Crippen LogP contribution in [0.5, 0.6) is 23.0 Å². The van der Waals surface area contributed by atoms with E-state index in [0.29, 0.717) is 11.1 Å². The van der Waals surface area contributed by atoms with Gasteiger partial charge in [-0.1, -0.05) is 12.1 Å². The second kappa shape index (κ2) is 20.1. The molecule has 424 valence electrons. The molecule has 0 aliphatic carbocycles. The van der Waals surface area contributed by atoms with Crippen LogP contribution < -0.4 is 49.6 Å². The number of aryl methyl sites for hydroxylation is 4. The normalized spacial score (nSPS) is 19.5. The molecule has 10 heterocycles. The Morgan fingerprint density at radius 2 is 0.915 bits per heavy atom. The molecule has 10 aliphatic rings. The molecule has 0 bridgehead atoms. The molecule has 82 heavy (non-hydrogen) atoms. The number of ether oxygens (including phenoxy) is 2. The van der Waals surface area contributed by atoms with Crippen LogP contribution in [0.15, 0.2) is 80.2 Å². The first-order valence-corrected chi connectivity index (χ1v) is 35.6. The molecule has 2 atom stereocenters. The van der Waals surface area contributed by atoms with E-state index in [1.807, 2.05) is 0 Å². The van der Waals surface area contributed by atoms with E-state index in [1.54, 1.807) is 12.1 Å². The van der Waals surface area contributed by atoms with Crippen LogP contribution in [-0.4, -0.2) is 86.7 Å². The Morgan fingerprint density at radius 1 is 0.463 bits per heavy atom. The minimum absolute atomic E-state index is 0.0819. The SMILES string of the molecule is O=S([O-])c1cc(S(=O)(=O)Cl)ccc1C1=c2cc3c4c(c2Oc2c1cc1c5c2CCCN5CCC1)CCC[N+]=4CCC3.O=S([O-])c1ccc(C2=c3cc4c5c(c3Oc3c2cc2c6c3CCCN6CCC2)CCC[N+]=5CCC4)c(S(=O)(=O)Cl)c1. The number of fused-ring (bicyclic) bond motifs is 8. The second-order valence-corrected chi connectivity index (χ2v) is 30.3. The Bertz CT molecular complexity index is 4460. The summed E-state index contributed by atoms with van der Waals surface area (Å²) in [6.07, 6.45) is 15.8. The maximum Gasteiger partial charge on any atom is 0.261 e. The van der Waals surface area contributed by atoms with E-state index in [0.717, 1.165) is 211 Å². The van der Waals surface area contributed by atoms with Crippen LogP contribution in [0.1, 0.15) is 118 Å². The van der Waals surface area contributed by atoms with Crippen LogP contribution in [0.25, 0.3) is 11.1 Å². The third-order valence-corrected chi connectivity index (χ3v) is 22.8. The van der Waals surface area contributed by atoms with E-state index >= 15 is 0 Å². The summed E-state index contributed by atoms with van der Waals surface area (Å²) in [4.78, 5) is 4.32. The zero-order chi connectivity index (χ0) is 56.1. The fourth-order valence-corrected chi connectivity index (χ4v) is 18.6. The van der Waals surface area contributed by atoms with Gasteiger partial charge in [0.15, 0.2) is 0 Å². The van der Waals surface area contributed by atoms with Crippen LogP contribution in [0, 0.1) is 0 Å². The molecule has 0 spiro atoms. The third kappa shape index (κ3) is 8.60. The van der Waals surface area contributed by atoms with E-state index in [9.17, 15) is 34.4 Å². The highest BCUT2D eigenvalue weighted by molar-refractivity contribution is 8.14. The number of anilines is 2. The van der Waals surface area contributed by atoms with Crippen molar-refractivity contribution in [1.82, 2.24) is 9.15 Å². The van der Waals surface area contributed by atoms with Gasteiger partial charge >= 0.3 is 0 Å². The van der Waals surface area contributed by atoms with Gasteiger partial charge in [0.25, 0.3) is 18.1 Å². The summed E-state index contributed by atoms with van der Waals surface area (Å²) >= 11 is -5.30. The molecule has 0 aromatic heterocycles. The van der Waals surface area contributed by atoms with Crippen molar-refractivity contribution in [1.29, 1.82) is 0 Å². The highest BCUT2D eigenvalue weighted by atomic mass is 35.7. The molecule has 14 nitrogen and oxygen atoms in total. The number of nitrogens with zero attached hydrogens (tertiary/aromatic N) is 4. The van der Waals surface area contributed by atoms with Crippen molar-refractivity contribution in [3.63, 3.8) is 0 Å². The molecule has 0 saturated heterocycles. The van der Waals surface area contributed by atoms with Crippen molar-refractivity contribution >= 4 is 84.1 Å². The molecule has 16 rings (SSSR count). The lowest BCUT2D eigenvalue weighted by atomic mass is 9.82. The summed E-state index contributed by atoms with van der Waals surface area (Å²) in [7, 11) is 3.28. The highest BCUT2D eigenvalue weighted by Crippen LogP contribution is 2.51. The molecule has 0 fully saturated rings. The van der Waals surface area contributed by atoms with Gasteiger partial charge in [-0.15, -0.1) is 0 Å². The maximum atomic E-state index is 13.0. The second-order valence-electron chi connectivity index (χ2n) is 23.3. The van der Waals surface area contributed by atoms with E-state index in [1.165, 1.54) is 90.9 Å². The largest absolute Gasteiger partial charge is 0.768 e. The first-order chi connectivity index (χ1) is 39.6. The standard InChI is InChI=1S/2C31H29ClN2O5S2/c32-41(37,38)20-9-10-21(26(17-20)40(35)36)27-24-15-18-5-1-11-33-13-3-7-22(28(18)33)30(24)39-31-23-8-4-14-34-12-2-6-19(29(23)34)16-25(27)31;32-41(37,38)26-17-20(40(35)36)9-10-21(26)27-24-15-18-5-1-11-33-13-3-7-22(28(18)33)30(24)39-31-23-8-4-14-34-12-2-6-19(29(23)34)16-25(27)31/h2*9-10,15-17H,1-8,11-14H2. The predicted octanol–water partition coefficient (Wildman–Crippen LogP) is 6.57. The molecule has 0 amide bonds. The average molecular weight is 1220 g/mol. The minimum atomic E-state index is -4.28. The van der Waals surface area contributed by atoms with Crippen LogP contribution in [-0.2, 0) is 91.6 Å². The average Bonchev–Trinajstić information content (AvgIpc) is 3.62. The molecule has 6 aromatic carbocycles. The van der Waals surface area contributed by atoms with Crippen molar-refractivity contribution < 1.29 is 43.8 Å². The number of rotatable bonds is 6. The molecule has 0 radical (unpaired) electrons. The van der Waals surface area contributed by atoms with E-state index in [4.69, 9.17) is 30.8 Å². The van der Waals surface area contributed by atoms with Crippen LogP contribution >= 0.6 is 21.4 Å². The van der Waals surface area contributed by atoms with Crippen LogP contribution in [0.3, 0.4) is 0 Å².